The summed E-state index contributed by atoms with van der Waals surface area (Å²) in [4.78, 5) is 50.7. The number of carbonyl (C=O) groups is 4. The number of nitrogens with one attached hydrogen (secondary N) is 3. The molecule has 3 amide bonds. The highest BCUT2D eigenvalue weighted by Crippen LogP contribution is 2.11. The Kier molecular flexibility index (Phi) is 12.4. The second-order valence-corrected chi connectivity index (χ2v) is 9.92. The summed E-state index contributed by atoms with van der Waals surface area (Å²) in [6.45, 7) is 11.0. The molecule has 1 aromatic rings. The lowest BCUT2D eigenvalue weighted by Crippen LogP contribution is -2.58. The maximum absolute atomic E-state index is 13.3. The van der Waals surface area contributed by atoms with E-state index in [1.54, 1.807) is 13.8 Å². The fourth-order valence-corrected chi connectivity index (χ4v) is 3.58. The predicted octanol–water partition coefficient (Wildman–Crippen LogP) is 1.84. The zero-order valence-corrected chi connectivity index (χ0v) is 21.7. The van der Waals surface area contributed by atoms with Crippen LogP contribution in [0, 0.1) is 17.8 Å². The molecule has 0 radical (unpaired) electrons. The first-order valence-corrected chi connectivity index (χ1v) is 12.3. The number of hydrogen-bond donors (Lipinski definition) is 5. The van der Waals surface area contributed by atoms with Gasteiger partial charge in [0.1, 0.15) is 18.1 Å². The molecule has 0 aliphatic rings. The van der Waals surface area contributed by atoms with Gasteiger partial charge in [0.15, 0.2) is 0 Å². The lowest BCUT2D eigenvalue weighted by Gasteiger charge is -2.27. The van der Waals surface area contributed by atoms with Crippen LogP contribution in [0.2, 0.25) is 0 Å². The molecule has 0 fully saturated rings. The SMILES string of the molecule is CCC(C)C(N)C(=O)NC(CC(C)C)C(=O)NC(Cc1ccccc1)C(=O)NC(C(=O)O)C(C)C. The van der Waals surface area contributed by atoms with Gasteiger partial charge in [0.25, 0.3) is 0 Å². The largest absolute Gasteiger partial charge is 0.480 e. The first kappa shape index (κ1) is 30.1. The van der Waals surface area contributed by atoms with Crippen LogP contribution in [0.5, 0.6) is 0 Å². The Hall–Kier alpha value is -2.94. The molecule has 196 valence electrons. The molecule has 0 aliphatic heterocycles. The van der Waals surface area contributed by atoms with E-state index in [1.165, 1.54) is 0 Å². The zero-order valence-electron chi connectivity index (χ0n) is 21.7. The minimum Gasteiger partial charge on any atom is -0.480 e. The lowest BCUT2D eigenvalue weighted by atomic mass is 9.97. The van der Waals surface area contributed by atoms with Gasteiger partial charge in [-0.25, -0.2) is 4.79 Å². The summed E-state index contributed by atoms with van der Waals surface area (Å²) in [6.07, 6.45) is 1.24. The van der Waals surface area contributed by atoms with Gasteiger partial charge in [-0.2, -0.15) is 0 Å². The van der Waals surface area contributed by atoms with Gasteiger partial charge in [-0.1, -0.05) is 78.3 Å². The number of carboxylic acids is 1. The van der Waals surface area contributed by atoms with Crippen LogP contribution in [0.1, 0.15) is 59.9 Å². The third kappa shape index (κ3) is 10.1. The van der Waals surface area contributed by atoms with E-state index in [1.807, 2.05) is 58.0 Å². The minimum atomic E-state index is -1.15. The van der Waals surface area contributed by atoms with Crippen molar-refractivity contribution in [1.82, 2.24) is 16.0 Å². The molecule has 5 unspecified atom stereocenters. The zero-order chi connectivity index (χ0) is 26.7. The van der Waals surface area contributed by atoms with Crippen molar-refractivity contribution >= 4 is 23.7 Å². The number of carbonyl (C=O) groups excluding carboxylic acids is 3. The van der Waals surface area contributed by atoms with Gasteiger partial charge in [-0.15, -0.1) is 0 Å². The van der Waals surface area contributed by atoms with Crippen molar-refractivity contribution in [1.29, 1.82) is 0 Å². The van der Waals surface area contributed by atoms with E-state index in [-0.39, 0.29) is 24.2 Å². The van der Waals surface area contributed by atoms with Crippen molar-refractivity contribution in [3.8, 4) is 0 Å². The van der Waals surface area contributed by atoms with Crippen LogP contribution in [0.25, 0.3) is 0 Å². The van der Waals surface area contributed by atoms with Crippen molar-refractivity contribution in [3.05, 3.63) is 35.9 Å². The van der Waals surface area contributed by atoms with Gasteiger partial charge in [-0.05, 0) is 29.7 Å². The Bertz CT molecular complexity index is 843. The Morgan fingerprint density at radius 1 is 0.857 bits per heavy atom. The van der Waals surface area contributed by atoms with Crippen LogP contribution in [0.4, 0.5) is 0 Å². The van der Waals surface area contributed by atoms with Crippen LogP contribution in [-0.4, -0.2) is 53.0 Å². The molecule has 6 N–H and O–H groups in total. The number of carboxylic acid groups (broad SMARTS) is 1. The first-order chi connectivity index (χ1) is 16.4. The highest BCUT2D eigenvalue weighted by molar-refractivity contribution is 5.94. The third-order valence-corrected chi connectivity index (χ3v) is 6.05. The molecule has 0 heterocycles. The number of nitrogens with two attached hydrogens (primary N) is 1. The second kappa shape index (κ2) is 14.5. The molecule has 0 saturated heterocycles. The fraction of sp³-hybridized carbons (Fsp3) is 0.615. The lowest BCUT2D eigenvalue weighted by molar-refractivity contribution is -0.143. The fourth-order valence-electron chi connectivity index (χ4n) is 3.58. The van der Waals surface area contributed by atoms with Gasteiger partial charge in [0.2, 0.25) is 17.7 Å². The first-order valence-electron chi connectivity index (χ1n) is 12.3. The van der Waals surface area contributed by atoms with Crippen LogP contribution in [-0.2, 0) is 25.6 Å². The van der Waals surface area contributed by atoms with Gasteiger partial charge in [0, 0.05) is 6.42 Å². The number of hydrogen-bond acceptors (Lipinski definition) is 5. The molecule has 5 atom stereocenters. The molecule has 1 rings (SSSR count). The van der Waals surface area contributed by atoms with Crippen LogP contribution >= 0.6 is 0 Å². The topological polar surface area (TPSA) is 151 Å². The van der Waals surface area contributed by atoms with Gasteiger partial charge < -0.3 is 26.8 Å². The van der Waals surface area contributed by atoms with Crippen molar-refractivity contribution in [2.24, 2.45) is 23.5 Å². The van der Waals surface area contributed by atoms with Crippen LogP contribution in [0.15, 0.2) is 30.3 Å². The molecule has 0 aromatic heterocycles. The van der Waals surface area contributed by atoms with Gasteiger partial charge in [0.05, 0.1) is 6.04 Å². The molecule has 0 bridgehead atoms. The van der Waals surface area contributed by atoms with E-state index in [0.717, 1.165) is 12.0 Å². The average Bonchev–Trinajstić information content (AvgIpc) is 2.80. The summed E-state index contributed by atoms with van der Waals surface area (Å²) in [6, 6.07) is 5.35. The maximum Gasteiger partial charge on any atom is 0.326 e. The molecular formula is C26H42N4O5. The smallest absolute Gasteiger partial charge is 0.326 e. The van der Waals surface area contributed by atoms with Crippen molar-refractivity contribution < 1.29 is 24.3 Å². The molecular weight excluding hydrogens is 448 g/mol. The van der Waals surface area contributed by atoms with E-state index >= 15 is 0 Å². The second-order valence-electron chi connectivity index (χ2n) is 9.92. The summed E-state index contributed by atoms with van der Waals surface area (Å²) in [5.41, 5.74) is 6.85. The summed E-state index contributed by atoms with van der Waals surface area (Å²) in [5.74, 6) is -3.01. The molecule has 1 aromatic carbocycles. The average molecular weight is 491 g/mol. The Morgan fingerprint density at radius 3 is 1.89 bits per heavy atom. The van der Waals surface area contributed by atoms with Crippen LogP contribution in [0.3, 0.4) is 0 Å². The molecule has 35 heavy (non-hydrogen) atoms. The standard InChI is InChI=1S/C26H42N4O5/c1-7-17(6)21(27)25(33)29-19(13-15(2)3)23(31)28-20(14-18-11-9-8-10-12-18)24(32)30-22(16(4)5)26(34)35/h8-12,15-17,19-22H,7,13-14,27H2,1-6H3,(H,28,31)(H,29,33)(H,30,32)(H,34,35). The number of aliphatic carboxylic acids is 1. The Balaban J connectivity index is 3.13. The predicted molar refractivity (Wildman–Crippen MR) is 135 cm³/mol. The van der Waals surface area contributed by atoms with E-state index in [9.17, 15) is 24.3 Å². The summed E-state index contributed by atoms with van der Waals surface area (Å²) >= 11 is 0. The number of benzene rings is 1. The molecule has 0 saturated carbocycles. The summed E-state index contributed by atoms with van der Waals surface area (Å²) in [5, 5.41) is 17.5. The number of rotatable bonds is 14. The highest BCUT2D eigenvalue weighted by Gasteiger charge is 2.32. The molecule has 9 heteroatoms. The summed E-state index contributed by atoms with van der Waals surface area (Å²) in [7, 11) is 0. The third-order valence-electron chi connectivity index (χ3n) is 6.05. The summed E-state index contributed by atoms with van der Waals surface area (Å²) < 4.78 is 0. The van der Waals surface area contributed by atoms with E-state index in [4.69, 9.17) is 5.73 Å². The highest BCUT2D eigenvalue weighted by atomic mass is 16.4. The van der Waals surface area contributed by atoms with E-state index in [2.05, 4.69) is 16.0 Å². The van der Waals surface area contributed by atoms with E-state index < -0.39 is 47.9 Å². The van der Waals surface area contributed by atoms with Gasteiger partial charge >= 0.3 is 5.97 Å². The van der Waals surface area contributed by atoms with Crippen molar-refractivity contribution in [2.45, 2.75) is 85.0 Å². The quantitative estimate of drug-likeness (QED) is 0.268. The number of amides is 3. The Labute approximate surface area is 208 Å². The van der Waals surface area contributed by atoms with Crippen molar-refractivity contribution in [2.75, 3.05) is 0 Å². The molecule has 9 nitrogen and oxygen atoms in total. The molecule has 0 spiro atoms. The molecule has 0 aliphatic carbocycles. The van der Waals surface area contributed by atoms with Crippen molar-refractivity contribution in [3.63, 3.8) is 0 Å². The van der Waals surface area contributed by atoms with E-state index in [0.29, 0.717) is 6.42 Å². The maximum atomic E-state index is 13.3. The Morgan fingerprint density at radius 2 is 1.40 bits per heavy atom. The minimum absolute atomic E-state index is 0.0571. The normalized spacial score (nSPS) is 15.6. The monoisotopic (exact) mass is 490 g/mol. The van der Waals surface area contributed by atoms with Gasteiger partial charge in [-0.3, -0.25) is 14.4 Å². The van der Waals surface area contributed by atoms with Crippen LogP contribution < -0.4 is 21.7 Å².